The Balaban J connectivity index is 1.93. The molecule has 0 aliphatic carbocycles. The molecule has 0 atom stereocenters. The number of nitro groups is 1. The minimum atomic E-state index is -0.599. The van der Waals surface area contributed by atoms with Gasteiger partial charge in [-0.3, -0.25) is 10.1 Å². The third kappa shape index (κ3) is 3.04. The molecular formula is C17H16N4O4. The van der Waals surface area contributed by atoms with Crippen molar-refractivity contribution in [1.82, 2.24) is 4.98 Å². The van der Waals surface area contributed by atoms with E-state index in [-0.39, 0.29) is 11.4 Å². The van der Waals surface area contributed by atoms with Gasteiger partial charge in [0.2, 0.25) is 5.69 Å². The van der Waals surface area contributed by atoms with Crippen molar-refractivity contribution in [2.75, 3.05) is 25.7 Å². The molecule has 2 aromatic rings. The lowest BCUT2D eigenvalue weighted by Crippen LogP contribution is -2.31. The Bertz CT molecular complexity index is 876. The molecule has 2 heterocycles. The number of nitrogens with zero attached hydrogens (tertiary/aromatic N) is 4. The number of methoxy groups -OCH3 is 2. The van der Waals surface area contributed by atoms with Crippen molar-refractivity contribution in [3.63, 3.8) is 0 Å². The van der Waals surface area contributed by atoms with E-state index >= 15 is 0 Å². The van der Waals surface area contributed by atoms with Crippen LogP contribution in [0.5, 0.6) is 11.5 Å². The van der Waals surface area contributed by atoms with Gasteiger partial charge in [0.05, 0.1) is 19.1 Å². The van der Waals surface area contributed by atoms with Crippen LogP contribution in [0.25, 0.3) is 0 Å². The van der Waals surface area contributed by atoms with Crippen LogP contribution < -0.4 is 14.4 Å². The Morgan fingerprint density at radius 3 is 2.52 bits per heavy atom. The molecule has 1 aromatic carbocycles. The number of pyridine rings is 1. The molecule has 0 saturated carbocycles. The van der Waals surface area contributed by atoms with Crippen molar-refractivity contribution in [2.45, 2.75) is 13.0 Å². The van der Waals surface area contributed by atoms with E-state index in [0.29, 0.717) is 30.4 Å². The first-order chi connectivity index (χ1) is 12.1. The summed E-state index contributed by atoms with van der Waals surface area (Å²) in [6.45, 7) is 1.27. The van der Waals surface area contributed by atoms with E-state index in [2.05, 4.69) is 4.98 Å². The normalized spacial score (nSPS) is 12.9. The molecule has 1 aliphatic heterocycles. The van der Waals surface area contributed by atoms with E-state index in [1.54, 1.807) is 26.4 Å². The van der Waals surface area contributed by atoms with Crippen LogP contribution in [0, 0.1) is 21.4 Å². The fourth-order valence-electron chi connectivity index (χ4n) is 2.93. The number of nitriles is 1. The smallest absolute Gasteiger partial charge is 0.305 e. The van der Waals surface area contributed by atoms with E-state index in [1.165, 1.54) is 6.07 Å². The van der Waals surface area contributed by atoms with E-state index in [4.69, 9.17) is 14.7 Å². The van der Waals surface area contributed by atoms with Gasteiger partial charge in [0.1, 0.15) is 11.9 Å². The monoisotopic (exact) mass is 340 g/mol. The van der Waals surface area contributed by atoms with Crippen LogP contribution in [0.4, 0.5) is 11.5 Å². The average molecular weight is 340 g/mol. The maximum atomic E-state index is 10.9. The molecule has 0 saturated heterocycles. The Labute approximate surface area is 144 Å². The summed E-state index contributed by atoms with van der Waals surface area (Å²) >= 11 is 0. The second-order valence-electron chi connectivity index (χ2n) is 5.55. The number of ether oxygens (including phenoxy) is 2. The average Bonchev–Trinajstić information content (AvgIpc) is 2.65. The molecule has 0 radical (unpaired) electrons. The van der Waals surface area contributed by atoms with Crippen molar-refractivity contribution < 1.29 is 14.4 Å². The SMILES string of the molecule is COc1cc2c(cc1OC)CN(c1ccc([N+](=O)[O-])c(C#N)n1)CC2. The van der Waals surface area contributed by atoms with Gasteiger partial charge < -0.3 is 14.4 Å². The summed E-state index contributed by atoms with van der Waals surface area (Å²) in [5.41, 5.74) is 1.77. The maximum Gasteiger partial charge on any atom is 0.305 e. The lowest BCUT2D eigenvalue weighted by Gasteiger charge is -2.30. The van der Waals surface area contributed by atoms with Crippen LogP contribution in [0.1, 0.15) is 16.8 Å². The summed E-state index contributed by atoms with van der Waals surface area (Å²) in [5.74, 6) is 1.88. The first kappa shape index (κ1) is 16.5. The topological polar surface area (TPSA) is 102 Å². The van der Waals surface area contributed by atoms with Crippen LogP contribution in [0.15, 0.2) is 24.3 Å². The molecule has 0 fully saturated rings. The highest BCUT2D eigenvalue weighted by molar-refractivity contribution is 5.55. The first-order valence-electron chi connectivity index (χ1n) is 7.61. The van der Waals surface area contributed by atoms with Gasteiger partial charge in [-0.2, -0.15) is 5.26 Å². The summed E-state index contributed by atoms with van der Waals surface area (Å²) in [4.78, 5) is 16.5. The van der Waals surface area contributed by atoms with Crippen LogP contribution in [0.2, 0.25) is 0 Å². The minimum absolute atomic E-state index is 0.180. The zero-order valence-electron chi connectivity index (χ0n) is 13.9. The molecule has 0 spiro atoms. The van der Waals surface area contributed by atoms with E-state index in [1.807, 2.05) is 17.0 Å². The third-order valence-electron chi connectivity index (χ3n) is 4.20. The Kier molecular flexibility index (Phi) is 4.39. The fraction of sp³-hybridized carbons (Fsp3) is 0.294. The fourth-order valence-corrected chi connectivity index (χ4v) is 2.93. The van der Waals surface area contributed by atoms with Crippen LogP contribution in [0.3, 0.4) is 0 Å². The Hall–Kier alpha value is -3.34. The molecule has 25 heavy (non-hydrogen) atoms. The molecular weight excluding hydrogens is 324 g/mol. The number of rotatable bonds is 4. The number of aromatic nitrogens is 1. The number of fused-ring (bicyclic) bond motifs is 1. The predicted octanol–water partition coefficient (Wildman–Crippen LogP) is 2.44. The van der Waals surface area contributed by atoms with Gasteiger partial charge in [-0.15, -0.1) is 0 Å². The molecule has 8 heteroatoms. The highest BCUT2D eigenvalue weighted by Gasteiger charge is 2.23. The lowest BCUT2D eigenvalue weighted by atomic mass is 9.98. The van der Waals surface area contributed by atoms with Gasteiger partial charge >= 0.3 is 5.69 Å². The lowest BCUT2D eigenvalue weighted by molar-refractivity contribution is -0.385. The standard InChI is InChI=1S/C17H16N4O4/c1-24-15-7-11-5-6-20(10-12(11)8-16(15)25-2)17-4-3-14(21(22)23)13(9-18)19-17/h3-4,7-8H,5-6,10H2,1-2H3. The van der Waals surface area contributed by atoms with E-state index in [9.17, 15) is 10.1 Å². The van der Waals surface area contributed by atoms with Gasteiger partial charge in [-0.1, -0.05) is 0 Å². The van der Waals surface area contributed by atoms with Crippen molar-refractivity contribution in [1.29, 1.82) is 5.26 Å². The summed E-state index contributed by atoms with van der Waals surface area (Å²) in [6, 6.07) is 8.59. The second-order valence-corrected chi connectivity index (χ2v) is 5.55. The number of hydrogen-bond donors (Lipinski definition) is 0. The van der Waals surface area contributed by atoms with Crippen molar-refractivity contribution >= 4 is 11.5 Å². The predicted molar refractivity (Wildman–Crippen MR) is 89.9 cm³/mol. The van der Waals surface area contributed by atoms with Crippen molar-refractivity contribution in [3.8, 4) is 17.6 Å². The molecule has 128 valence electrons. The van der Waals surface area contributed by atoms with Gasteiger partial charge in [0.15, 0.2) is 11.5 Å². The van der Waals surface area contributed by atoms with Crippen molar-refractivity contribution in [2.24, 2.45) is 0 Å². The zero-order valence-corrected chi connectivity index (χ0v) is 13.9. The van der Waals surface area contributed by atoms with Crippen LogP contribution in [-0.2, 0) is 13.0 Å². The highest BCUT2D eigenvalue weighted by Crippen LogP contribution is 2.34. The largest absolute Gasteiger partial charge is 0.493 e. The summed E-state index contributed by atoms with van der Waals surface area (Å²) < 4.78 is 10.7. The van der Waals surface area contributed by atoms with Gasteiger partial charge in [0.25, 0.3) is 0 Å². The van der Waals surface area contributed by atoms with E-state index in [0.717, 1.165) is 17.5 Å². The Morgan fingerprint density at radius 2 is 1.92 bits per heavy atom. The number of hydrogen-bond acceptors (Lipinski definition) is 7. The zero-order chi connectivity index (χ0) is 18.0. The number of anilines is 1. The number of benzene rings is 1. The molecule has 0 unspecified atom stereocenters. The van der Waals surface area contributed by atoms with E-state index < -0.39 is 4.92 Å². The molecule has 0 N–H and O–H groups in total. The summed E-state index contributed by atoms with van der Waals surface area (Å²) in [7, 11) is 3.19. The first-order valence-corrected chi connectivity index (χ1v) is 7.61. The molecule has 1 aromatic heterocycles. The van der Waals surface area contributed by atoms with Crippen LogP contribution in [-0.4, -0.2) is 30.7 Å². The quantitative estimate of drug-likeness (QED) is 0.622. The molecule has 3 rings (SSSR count). The van der Waals surface area contributed by atoms with Crippen LogP contribution >= 0.6 is 0 Å². The second kappa shape index (κ2) is 6.65. The summed E-state index contributed by atoms with van der Waals surface area (Å²) in [5, 5.41) is 20.0. The summed E-state index contributed by atoms with van der Waals surface area (Å²) in [6.07, 6.45) is 0.774. The molecule has 0 amide bonds. The Morgan fingerprint density at radius 1 is 1.24 bits per heavy atom. The maximum absolute atomic E-state index is 10.9. The van der Waals surface area contributed by atoms with Gasteiger partial charge in [0, 0.05) is 19.2 Å². The molecule has 1 aliphatic rings. The van der Waals surface area contributed by atoms with Crippen molar-refractivity contribution in [3.05, 3.63) is 51.2 Å². The minimum Gasteiger partial charge on any atom is -0.493 e. The highest BCUT2D eigenvalue weighted by atomic mass is 16.6. The molecule has 0 bridgehead atoms. The third-order valence-corrected chi connectivity index (χ3v) is 4.20. The van der Waals surface area contributed by atoms with Gasteiger partial charge in [-0.05, 0) is 35.7 Å². The van der Waals surface area contributed by atoms with Gasteiger partial charge in [-0.25, -0.2) is 4.98 Å². The molecule has 8 nitrogen and oxygen atoms in total.